The number of hydrogen-bond acceptors (Lipinski definition) is 7. The minimum atomic E-state index is 0.194. The summed E-state index contributed by atoms with van der Waals surface area (Å²) in [4.78, 5) is 4.65. The first-order valence-corrected chi connectivity index (χ1v) is 10.0. The van der Waals surface area contributed by atoms with Crippen molar-refractivity contribution in [3.63, 3.8) is 0 Å². The number of fused-ring (bicyclic) bond motifs is 2. The Morgan fingerprint density at radius 2 is 1.93 bits per heavy atom. The first-order chi connectivity index (χ1) is 13.2. The van der Waals surface area contributed by atoms with Gasteiger partial charge < -0.3 is 15.2 Å². The number of hydrazone groups is 1. The van der Waals surface area contributed by atoms with Crippen LogP contribution < -0.4 is 15.2 Å². The summed E-state index contributed by atoms with van der Waals surface area (Å²) in [6, 6.07) is 12.2. The maximum atomic E-state index is 5.90. The Morgan fingerprint density at radius 1 is 1.15 bits per heavy atom. The lowest BCUT2D eigenvalue weighted by molar-refractivity contribution is 0.174. The summed E-state index contributed by atoms with van der Waals surface area (Å²) in [5, 5.41) is 8.12. The van der Waals surface area contributed by atoms with Crippen molar-refractivity contribution < 1.29 is 9.47 Å². The number of rotatable bonds is 1. The maximum absolute atomic E-state index is 5.90. The molecule has 2 aromatic rings. The second-order valence-corrected chi connectivity index (χ2v) is 7.91. The summed E-state index contributed by atoms with van der Waals surface area (Å²) in [6.45, 7) is 3.30. The zero-order valence-corrected chi connectivity index (χ0v) is 15.8. The van der Waals surface area contributed by atoms with E-state index >= 15 is 0 Å². The van der Waals surface area contributed by atoms with Crippen molar-refractivity contribution in [3.05, 3.63) is 53.1 Å². The molecule has 0 bridgehead atoms. The minimum absolute atomic E-state index is 0.194. The van der Waals surface area contributed by atoms with Crippen LogP contribution in [0.1, 0.15) is 23.6 Å². The summed E-state index contributed by atoms with van der Waals surface area (Å²) in [5.74, 6) is 2.58. The molecule has 0 spiro atoms. The molecule has 0 saturated heterocycles. The summed E-state index contributed by atoms with van der Waals surface area (Å²) in [5.41, 5.74) is 10.8. The SMILES string of the molecule is C[C@@H]1Cc2cc3c(cc2C(c2ccc(N)cc2)=NN1C1=NCCS1)OCO3. The number of benzene rings is 2. The van der Waals surface area contributed by atoms with Gasteiger partial charge in [-0.3, -0.25) is 4.99 Å². The van der Waals surface area contributed by atoms with Crippen molar-refractivity contribution in [2.75, 3.05) is 24.8 Å². The van der Waals surface area contributed by atoms with Gasteiger partial charge in [-0.25, -0.2) is 5.01 Å². The first kappa shape index (κ1) is 16.5. The van der Waals surface area contributed by atoms with E-state index in [9.17, 15) is 0 Å². The van der Waals surface area contributed by atoms with Gasteiger partial charge in [0.25, 0.3) is 0 Å². The average Bonchev–Trinajstić information content (AvgIpc) is 3.32. The second-order valence-electron chi connectivity index (χ2n) is 6.84. The van der Waals surface area contributed by atoms with Crippen LogP contribution in [0.5, 0.6) is 11.5 Å². The Hall–Kier alpha value is -2.67. The number of ether oxygens (including phenoxy) is 2. The maximum Gasteiger partial charge on any atom is 0.231 e. The van der Waals surface area contributed by atoms with Gasteiger partial charge in [0.15, 0.2) is 16.7 Å². The lowest BCUT2D eigenvalue weighted by Crippen LogP contribution is -2.33. The third kappa shape index (κ3) is 2.92. The molecule has 3 aliphatic heterocycles. The molecule has 2 aromatic carbocycles. The molecule has 6 nitrogen and oxygen atoms in total. The van der Waals surface area contributed by atoms with E-state index in [1.54, 1.807) is 11.8 Å². The Kier molecular flexibility index (Phi) is 3.97. The van der Waals surface area contributed by atoms with Gasteiger partial charge in [-0.05, 0) is 43.2 Å². The van der Waals surface area contributed by atoms with Crippen molar-refractivity contribution in [3.8, 4) is 11.5 Å². The van der Waals surface area contributed by atoms with Crippen LogP contribution in [-0.4, -0.2) is 41.0 Å². The van der Waals surface area contributed by atoms with Crippen LogP contribution in [0, 0.1) is 0 Å². The van der Waals surface area contributed by atoms with Crippen molar-refractivity contribution in [1.29, 1.82) is 0 Å². The highest BCUT2D eigenvalue weighted by Gasteiger charge is 2.29. The summed E-state index contributed by atoms with van der Waals surface area (Å²) in [6.07, 6.45) is 0.855. The first-order valence-electron chi connectivity index (χ1n) is 9.03. The fourth-order valence-electron chi connectivity index (χ4n) is 3.59. The molecule has 3 heterocycles. The lowest BCUT2D eigenvalue weighted by atomic mass is 9.94. The van der Waals surface area contributed by atoms with Crippen LogP contribution in [-0.2, 0) is 6.42 Å². The summed E-state index contributed by atoms with van der Waals surface area (Å²) >= 11 is 1.76. The Labute approximate surface area is 162 Å². The van der Waals surface area contributed by atoms with Crippen molar-refractivity contribution in [1.82, 2.24) is 5.01 Å². The van der Waals surface area contributed by atoms with Crippen molar-refractivity contribution >= 4 is 28.3 Å². The highest BCUT2D eigenvalue weighted by Crippen LogP contribution is 2.38. The number of aliphatic imine (C=N–C) groups is 1. The highest BCUT2D eigenvalue weighted by atomic mass is 32.2. The molecule has 1 atom stereocenters. The number of hydrogen-bond donors (Lipinski definition) is 1. The zero-order chi connectivity index (χ0) is 18.4. The van der Waals surface area contributed by atoms with Gasteiger partial charge in [0.1, 0.15) is 0 Å². The molecular weight excluding hydrogens is 360 g/mol. The molecule has 0 aliphatic carbocycles. The monoisotopic (exact) mass is 380 g/mol. The Bertz CT molecular complexity index is 955. The van der Waals surface area contributed by atoms with Gasteiger partial charge >= 0.3 is 0 Å². The highest BCUT2D eigenvalue weighted by molar-refractivity contribution is 8.14. The van der Waals surface area contributed by atoms with E-state index in [0.717, 1.165) is 57.9 Å². The molecule has 7 heteroatoms. The molecule has 138 valence electrons. The lowest BCUT2D eigenvalue weighted by Gasteiger charge is -2.24. The molecule has 5 rings (SSSR count). The van der Waals surface area contributed by atoms with Gasteiger partial charge in [-0.2, -0.15) is 5.10 Å². The fourth-order valence-corrected chi connectivity index (χ4v) is 4.49. The molecule has 0 amide bonds. The number of nitrogens with two attached hydrogens (primary N) is 1. The quantitative estimate of drug-likeness (QED) is 0.770. The number of nitrogens with zero attached hydrogens (tertiary/aromatic N) is 3. The molecule has 27 heavy (non-hydrogen) atoms. The number of anilines is 1. The van der Waals surface area contributed by atoms with E-state index in [1.807, 2.05) is 30.3 Å². The van der Waals surface area contributed by atoms with Gasteiger partial charge in [0.05, 0.1) is 18.3 Å². The molecular formula is C20H20N4O2S. The molecule has 2 N–H and O–H groups in total. The number of amidine groups is 1. The minimum Gasteiger partial charge on any atom is -0.454 e. The molecule has 0 saturated carbocycles. The van der Waals surface area contributed by atoms with E-state index in [1.165, 1.54) is 5.56 Å². The molecule has 0 fully saturated rings. The largest absolute Gasteiger partial charge is 0.454 e. The van der Waals surface area contributed by atoms with Crippen LogP contribution in [0.2, 0.25) is 0 Å². The molecule has 3 aliphatic rings. The average molecular weight is 380 g/mol. The third-order valence-electron chi connectivity index (χ3n) is 4.94. The Balaban J connectivity index is 1.69. The van der Waals surface area contributed by atoms with Gasteiger partial charge in [-0.15, -0.1) is 0 Å². The molecule has 0 radical (unpaired) electrons. The summed E-state index contributed by atoms with van der Waals surface area (Å²) in [7, 11) is 0. The normalized spacial score (nSPS) is 20.8. The Morgan fingerprint density at radius 3 is 2.67 bits per heavy atom. The zero-order valence-electron chi connectivity index (χ0n) is 15.0. The fraction of sp³-hybridized carbons (Fsp3) is 0.300. The van der Waals surface area contributed by atoms with Crippen LogP contribution in [0.15, 0.2) is 46.5 Å². The van der Waals surface area contributed by atoms with Gasteiger partial charge in [-0.1, -0.05) is 23.9 Å². The predicted octanol–water partition coefficient (Wildman–Crippen LogP) is 3.10. The van der Waals surface area contributed by atoms with Crippen molar-refractivity contribution in [2.24, 2.45) is 10.1 Å². The topological polar surface area (TPSA) is 72.4 Å². The van der Waals surface area contributed by atoms with Crippen molar-refractivity contribution in [2.45, 2.75) is 19.4 Å². The number of nitrogen functional groups attached to an aromatic ring is 1. The molecule has 0 aromatic heterocycles. The summed E-state index contributed by atoms with van der Waals surface area (Å²) < 4.78 is 11.2. The van der Waals surface area contributed by atoms with E-state index in [4.69, 9.17) is 20.3 Å². The van der Waals surface area contributed by atoms with E-state index < -0.39 is 0 Å². The third-order valence-corrected chi connectivity index (χ3v) is 5.90. The predicted molar refractivity (Wildman–Crippen MR) is 109 cm³/mol. The van der Waals surface area contributed by atoms with E-state index in [2.05, 4.69) is 23.0 Å². The van der Waals surface area contributed by atoms with Crippen LogP contribution in [0.25, 0.3) is 0 Å². The number of thioether (sulfide) groups is 1. The van der Waals surface area contributed by atoms with Gasteiger partial charge in [0.2, 0.25) is 6.79 Å². The van der Waals surface area contributed by atoms with Crippen LogP contribution >= 0.6 is 11.8 Å². The molecule has 0 unspecified atom stereocenters. The van der Waals surface area contributed by atoms with Crippen LogP contribution in [0.3, 0.4) is 0 Å². The van der Waals surface area contributed by atoms with Crippen LogP contribution in [0.4, 0.5) is 5.69 Å². The van der Waals surface area contributed by atoms with Gasteiger partial charge in [0, 0.05) is 22.6 Å². The standard InChI is InChI=1S/C20H20N4O2S/c1-12-8-14-9-17-18(26-11-25-17)10-16(14)19(13-2-4-15(21)5-3-13)23-24(12)20-22-6-7-27-20/h2-5,9-10,12H,6-8,11,21H2,1H3/t12-/m1/s1. The smallest absolute Gasteiger partial charge is 0.231 e. The van der Waals surface area contributed by atoms with E-state index in [-0.39, 0.29) is 12.8 Å². The van der Waals surface area contributed by atoms with E-state index in [0.29, 0.717) is 0 Å². The second kappa shape index (κ2) is 6.49.